The molecule has 1 aliphatic rings. The minimum Gasteiger partial charge on any atom is -0.488 e. The number of likely N-dealkylation sites (N-methyl/N-ethyl adjacent to an activating group) is 1. The third-order valence-electron chi connectivity index (χ3n) is 8.65. The number of benzene rings is 4. The quantitative estimate of drug-likeness (QED) is 0.137. The van der Waals surface area contributed by atoms with Crippen LogP contribution in [0, 0.1) is 11.7 Å². The molecule has 0 fully saturated rings. The van der Waals surface area contributed by atoms with E-state index in [4.69, 9.17) is 10.5 Å². The van der Waals surface area contributed by atoms with Crippen molar-refractivity contribution in [3.8, 4) is 5.75 Å². The summed E-state index contributed by atoms with van der Waals surface area (Å²) in [5.74, 6) is -0.396. The summed E-state index contributed by atoms with van der Waals surface area (Å²) in [7, 11) is 1.98. The van der Waals surface area contributed by atoms with E-state index in [2.05, 4.69) is 20.9 Å². The van der Waals surface area contributed by atoms with Crippen molar-refractivity contribution < 1.29 is 28.6 Å². The molecule has 1 heterocycles. The Bertz CT molecular complexity index is 1800. The van der Waals surface area contributed by atoms with Crippen LogP contribution < -0.4 is 26.4 Å². The van der Waals surface area contributed by atoms with Gasteiger partial charge >= 0.3 is 6.03 Å². The summed E-state index contributed by atoms with van der Waals surface area (Å²) in [6.45, 7) is 5.13. The van der Waals surface area contributed by atoms with Gasteiger partial charge < -0.3 is 36.4 Å². The van der Waals surface area contributed by atoms with Crippen molar-refractivity contribution in [3.05, 3.63) is 114 Å². The Morgan fingerprint density at radius 1 is 1.00 bits per heavy atom. The first-order valence-electron chi connectivity index (χ1n) is 16.5. The molecule has 262 valence electrons. The van der Waals surface area contributed by atoms with Crippen LogP contribution in [-0.4, -0.2) is 71.6 Å². The third-order valence-corrected chi connectivity index (χ3v) is 8.65. The Kier molecular flexibility index (Phi) is 11.7. The minimum atomic E-state index is -0.523. The predicted octanol–water partition coefficient (Wildman–Crippen LogP) is 5.59. The average Bonchev–Trinajstić information content (AvgIpc) is 3.13. The van der Waals surface area contributed by atoms with Gasteiger partial charge in [-0.1, -0.05) is 31.2 Å². The van der Waals surface area contributed by atoms with Crippen molar-refractivity contribution in [1.82, 2.24) is 9.80 Å². The summed E-state index contributed by atoms with van der Waals surface area (Å²) in [6, 6.07) is 24.1. The largest absolute Gasteiger partial charge is 0.488 e. The number of ether oxygens (including phenoxy) is 1. The van der Waals surface area contributed by atoms with E-state index in [1.807, 2.05) is 39.1 Å². The van der Waals surface area contributed by atoms with E-state index in [1.54, 1.807) is 53.4 Å². The molecule has 6 N–H and O–H groups in total. The number of hydrogen-bond acceptors (Lipinski definition) is 7. The van der Waals surface area contributed by atoms with Crippen LogP contribution in [0.5, 0.6) is 5.75 Å². The van der Waals surface area contributed by atoms with Gasteiger partial charge in [0.25, 0.3) is 5.91 Å². The van der Waals surface area contributed by atoms with Crippen molar-refractivity contribution in [1.29, 1.82) is 0 Å². The van der Waals surface area contributed by atoms with Crippen LogP contribution in [-0.2, 0) is 17.8 Å². The van der Waals surface area contributed by atoms with Crippen molar-refractivity contribution in [2.45, 2.75) is 39.0 Å². The number of amides is 4. The zero-order valence-corrected chi connectivity index (χ0v) is 28.4. The van der Waals surface area contributed by atoms with Crippen LogP contribution >= 0.6 is 0 Å². The predicted molar refractivity (Wildman–Crippen MR) is 193 cm³/mol. The second kappa shape index (κ2) is 16.3. The highest BCUT2D eigenvalue weighted by atomic mass is 19.1. The number of nitrogens with one attached hydrogen (secondary N) is 3. The molecule has 11 nitrogen and oxygen atoms in total. The van der Waals surface area contributed by atoms with Gasteiger partial charge in [-0.15, -0.1) is 0 Å². The van der Waals surface area contributed by atoms with Gasteiger partial charge in [0.15, 0.2) is 0 Å². The summed E-state index contributed by atoms with van der Waals surface area (Å²) >= 11 is 0. The second-order valence-corrected chi connectivity index (χ2v) is 12.7. The van der Waals surface area contributed by atoms with E-state index in [1.165, 1.54) is 24.3 Å². The van der Waals surface area contributed by atoms with Crippen LogP contribution in [0.4, 0.5) is 31.9 Å². The van der Waals surface area contributed by atoms with Gasteiger partial charge in [-0.3, -0.25) is 14.5 Å². The molecule has 4 aromatic rings. The molecule has 3 atom stereocenters. The molecule has 0 saturated heterocycles. The van der Waals surface area contributed by atoms with Crippen LogP contribution in [0.25, 0.3) is 0 Å². The molecule has 0 aliphatic carbocycles. The molecule has 4 aromatic carbocycles. The number of rotatable bonds is 10. The topological polar surface area (TPSA) is 149 Å². The summed E-state index contributed by atoms with van der Waals surface area (Å²) < 4.78 is 19.9. The smallest absolute Gasteiger partial charge is 0.323 e. The number of aliphatic hydroxyl groups excluding tert-OH is 1. The molecule has 4 amide bonds. The lowest BCUT2D eigenvalue weighted by Crippen LogP contribution is -2.47. The fourth-order valence-electron chi connectivity index (χ4n) is 5.80. The van der Waals surface area contributed by atoms with Gasteiger partial charge in [-0.25, -0.2) is 9.18 Å². The highest BCUT2D eigenvalue weighted by Gasteiger charge is 2.31. The lowest BCUT2D eigenvalue weighted by atomic mass is 10.0. The summed E-state index contributed by atoms with van der Waals surface area (Å²) in [5, 5.41) is 18.2. The van der Waals surface area contributed by atoms with Gasteiger partial charge in [-0.05, 0) is 86.3 Å². The Hall–Kier alpha value is -5.46. The van der Waals surface area contributed by atoms with Crippen molar-refractivity contribution in [2.24, 2.45) is 5.92 Å². The van der Waals surface area contributed by atoms with Crippen molar-refractivity contribution in [2.75, 3.05) is 48.4 Å². The molecule has 0 unspecified atom stereocenters. The Balaban J connectivity index is 1.29. The van der Waals surface area contributed by atoms with Gasteiger partial charge in [0, 0.05) is 48.1 Å². The molecule has 5 rings (SSSR count). The minimum absolute atomic E-state index is 0.0147. The third kappa shape index (κ3) is 9.36. The first-order valence-corrected chi connectivity index (χ1v) is 16.5. The highest BCUT2D eigenvalue weighted by Crippen LogP contribution is 2.30. The molecule has 0 radical (unpaired) electrons. The number of halogens is 1. The number of aliphatic hydroxyl groups is 1. The zero-order chi connectivity index (χ0) is 35.8. The van der Waals surface area contributed by atoms with E-state index in [-0.39, 0.29) is 36.9 Å². The molecule has 50 heavy (non-hydrogen) atoms. The van der Waals surface area contributed by atoms with E-state index < -0.39 is 17.9 Å². The first-order chi connectivity index (χ1) is 24.0. The summed E-state index contributed by atoms with van der Waals surface area (Å²) in [6.07, 6.45) is -0.319. The zero-order valence-electron chi connectivity index (χ0n) is 28.4. The van der Waals surface area contributed by atoms with Gasteiger partial charge in [0.1, 0.15) is 17.7 Å². The number of nitrogen functional groups attached to an aromatic ring is 1. The summed E-state index contributed by atoms with van der Waals surface area (Å²) in [4.78, 5) is 42.9. The first kappa shape index (κ1) is 35.8. The van der Waals surface area contributed by atoms with Crippen molar-refractivity contribution >= 4 is 40.6 Å². The van der Waals surface area contributed by atoms with E-state index >= 15 is 0 Å². The van der Waals surface area contributed by atoms with Crippen LogP contribution in [0.15, 0.2) is 91.0 Å². The molecule has 0 aromatic heterocycles. The number of nitrogens with two attached hydrogens (primary N) is 1. The maximum absolute atomic E-state index is 13.6. The lowest BCUT2D eigenvalue weighted by Gasteiger charge is -2.34. The number of anilines is 4. The van der Waals surface area contributed by atoms with E-state index in [0.29, 0.717) is 59.3 Å². The Morgan fingerprint density at radius 2 is 1.68 bits per heavy atom. The highest BCUT2D eigenvalue weighted by molar-refractivity contribution is 6.05. The number of fused-ring (bicyclic) bond motifs is 1. The standard InChI is InChI=1S/C38H43FN6O5/c1-24-20-45(25(2)23-46)36(47)19-28-18-31(42-38(49)41-30-14-12-29(39)13-15-30)16-17-34(28)50-35(24)22-44(3)21-26-8-10-27(11-9-26)37(48)43-33-7-5-4-6-32(33)40/h4-18,24-25,35,46H,19-23,40H2,1-3H3,(H,43,48)(H2,41,42,49)/t24-,25-,35+/m1/s1. The van der Waals surface area contributed by atoms with E-state index in [0.717, 1.165) is 5.56 Å². The monoisotopic (exact) mass is 682 g/mol. The van der Waals surface area contributed by atoms with Crippen molar-refractivity contribution in [3.63, 3.8) is 0 Å². The summed E-state index contributed by atoms with van der Waals surface area (Å²) in [5.41, 5.74) is 9.99. The molecule has 12 heteroatoms. The van der Waals surface area contributed by atoms with Crippen LogP contribution in [0.1, 0.15) is 35.3 Å². The maximum Gasteiger partial charge on any atom is 0.323 e. The van der Waals surface area contributed by atoms with Gasteiger partial charge in [-0.2, -0.15) is 0 Å². The number of nitrogens with zero attached hydrogens (tertiary/aromatic N) is 2. The van der Waals surface area contributed by atoms with Gasteiger partial charge in [0.2, 0.25) is 5.91 Å². The van der Waals surface area contributed by atoms with Gasteiger partial charge in [0.05, 0.1) is 30.4 Å². The number of para-hydroxylation sites is 2. The molecule has 0 saturated carbocycles. The maximum atomic E-state index is 13.6. The Morgan fingerprint density at radius 3 is 2.38 bits per heavy atom. The average molecular weight is 683 g/mol. The van der Waals surface area contributed by atoms with Crippen LogP contribution in [0.2, 0.25) is 0 Å². The molecule has 0 spiro atoms. The molecule has 1 aliphatic heterocycles. The molecule has 0 bridgehead atoms. The SMILES string of the molecule is C[C@@H]1CN([C@H](C)CO)C(=O)Cc2cc(NC(=O)Nc3ccc(F)cc3)ccc2O[C@H]1CN(C)Cc1ccc(C(=O)Nc2ccccc2N)cc1. The molecular formula is C38H43FN6O5. The normalized spacial score (nSPS) is 16.7. The number of carbonyl (C=O) groups excluding carboxylic acids is 3. The fraction of sp³-hybridized carbons (Fsp3) is 0.289. The number of carbonyl (C=O) groups is 3. The molecular weight excluding hydrogens is 639 g/mol. The number of urea groups is 1. The number of hydrogen-bond donors (Lipinski definition) is 5. The van der Waals surface area contributed by atoms with Crippen LogP contribution in [0.3, 0.4) is 0 Å². The fourth-order valence-corrected chi connectivity index (χ4v) is 5.80. The lowest BCUT2D eigenvalue weighted by molar-refractivity contribution is -0.134. The second-order valence-electron chi connectivity index (χ2n) is 12.7. The van der Waals surface area contributed by atoms with E-state index in [9.17, 15) is 23.9 Å². The Labute approximate surface area is 291 Å².